The zero-order valence-corrected chi connectivity index (χ0v) is 16.0. The minimum Gasteiger partial charge on any atom is -0.469 e. The summed E-state index contributed by atoms with van der Waals surface area (Å²) in [5.41, 5.74) is 0. The molecule has 6 heteroatoms. The zero-order valence-electron chi connectivity index (χ0n) is 16.0. The molecule has 26 heavy (non-hydrogen) atoms. The van der Waals surface area contributed by atoms with Crippen LogP contribution in [-0.2, 0) is 9.47 Å². The van der Waals surface area contributed by atoms with Crippen LogP contribution >= 0.6 is 0 Å². The summed E-state index contributed by atoms with van der Waals surface area (Å²) in [7, 11) is 1.66. The number of nitrogens with one attached hydrogen (secondary N) is 1. The zero-order chi connectivity index (χ0) is 17.9. The van der Waals surface area contributed by atoms with Crippen LogP contribution in [0.25, 0.3) is 0 Å². The monoisotopic (exact) mass is 363 g/mol. The molecule has 0 aromatic carbocycles. The molecule has 0 aromatic heterocycles. The molecule has 0 bridgehead atoms. The van der Waals surface area contributed by atoms with Gasteiger partial charge in [-0.05, 0) is 50.9 Å². The van der Waals surface area contributed by atoms with Crippen LogP contribution in [0.1, 0.15) is 64.2 Å². The van der Waals surface area contributed by atoms with Crippen molar-refractivity contribution in [2.45, 2.75) is 82.3 Å². The summed E-state index contributed by atoms with van der Waals surface area (Å²) >= 11 is 0. The summed E-state index contributed by atoms with van der Waals surface area (Å²) in [6.45, 7) is 1.51. The van der Waals surface area contributed by atoms with Crippen molar-refractivity contribution in [1.29, 1.82) is 0 Å². The summed E-state index contributed by atoms with van der Waals surface area (Å²) in [6, 6.07) is 1.71. The molecule has 3 saturated carbocycles. The molecule has 1 heterocycles. The third-order valence-corrected chi connectivity index (χ3v) is 6.62. The van der Waals surface area contributed by atoms with Gasteiger partial charge in [-0.15, -0.1) is 0 Å². The van der Waals surface area contributed by atoms with Gasteiger partial charge < -0.3 is 19.7 Å². The number of amides is 1. The van der Waals surface area contributed by atoms with Gasteiger partial charge in [0.05, 0.1) is 19.8 Å². The van der Waals surface area contributed by atoms with Crippen molar-refractivity contribution in [3.63, 3.8) is 0 Å². The Kier molecular flexibility index (Phi) is 5.55. The average Bonchev–Trinajstić information content (AvgIpc) is 3.52. The van der Waals surface area contributed by atoms with E-state index in [1.54, 1.807) is 7.11 Å². The lowest BCUT2D eigenvalue weighted by atomic mass is 9.80. The maximum absolute atomic E-state index is 12.9. The normalized spacial score (nSPS) is 32.0. The van der Waals surface area contributed by atoms with Crippen LogP contribution in [0.3, 0.4) is 0 Å². The molecule has 3 aliphatic carbocycles. The molecule has 4 rings (SSSR count). The van der Waals surface area contributed by atoms with Gasteiger partial charge in [-0.25, -0.2) is 9.79 Å². The number of aliphatic imine (C=N–C) groups is 1. The van der Waals surface area contributed by atoms with E-state index in [0.29, 0.717) is 42.6 Å². The van der Waals surface area contributed by atoms with Crippen LogP contribution in [-0.4, -0.2) is 55.4 Å². The fraction of sp³-hybridized carbons (Fsp3) is 0.900. The minimum atomic E-state index is -0.0635. The van der Waals surface area contributed by atoms with E-state index < -0.39 is 0 Å². The number of fused-ring (bicyclic) bond motifs is 1. The van der Waals surface area contributed by atoms with Gasteiger partial charge in [-0.3, -0.25) is 0 Å². The maximum atomic E-state index is 12.9. The van der Waals surface area contributed by atoms with E-state index in [1.807, 2.05) is 0 Å². The SMILES string of the molecule is COC1=NC2CCC(N(C(=O)OCC3CCCCC3)C3CC3)CC2CN1. The number of carbonyl (C=O) groups is 1. The molecule has 0 spiro atoms. The highest BCUT2D eigenvalue weighted by Gasteiger charge is 2.43. The third kappa shape index (κ3) is 4.09. The van der Waals surface area contributed by atoms with E-state index in [9.17, 15) is 4.79 Å². The molecule has 146 valence electrons. The number of rotatable bonds is 4. The van der Waals surface area contributed by atoms with Gasteiger partial charge in [-0.2, -0.15) is 0 Å². The molecule has 3 atom stereocenters. The lowest BCUT2D eigenvalue weighted by Crippen LogP contribution is -2.51. The number of amidine groups is 1. The van der Waals surface area contributed by atoms with Crippen LogP contribution in [0.15, 0.2) is 4.99 Å². The highest BCUT2D eigenvalue weighted by molar-refractivity contribution is 5.74. The minimum absolute atomic E-state index is 0.0635. The van der Waals surface area contributed by atoms with Crippen LogP contribution in [0.4, 0.5) is 4.79 Å². The predicted octanol–water partition coefficient (Wildman–Crippen LogP) is 3.31. The van der Waals surface area contributed by atoms with Gasteiger partial charge in [0.15, 0.2) is 0 Å². The quantitative estimate of drug-likeness (QED) is 0.832. The number of carbonyl (C=O) groups excluding carboxylic acids is 1. The van der Waals surface area contributed by atoms with Crippen LogP contribution in [0, 0.1) is 11.8 Å². The first-order chi connectivity index (χ1) is 12.7. The number of ether oxygens (including phenoxy) is 2. The molecule has 4 aliphatic rings. The number of nitrogens with zero attached hydrogens (tertiary/aromatic N) is 2. The Morgan fingerprint density at radius 1 is 1.12 bits per heavy atom. The van der Waals surface area contributed by atoms with Gasteiger partial charge in [0.1, 0.15) is 0 Å². The lowest BCUT2D eigenvalue weighted by molar-refractivity contribution is 0.0488. The third-order valence-electron chi connectivity index (χ3n) is 6.62. The second-order valence-electron chi connectivity index (χ2n) is 8.53. The Bertz CT molecular complexity index is 528. The largest absolute Gasteiger partial charge is 0.469 e. The smallest absolute Gasteiger partial charge is 0.410 e. The van der Waals surface area contributed by atoms with Gasteiger partial charge in [0.2, 0.25) is 0 Å². The topological polar surface area (TPSA) is 63.2 Å². The molecule has 3 unspecified atom stereocenters. The number of hydrogen-bond acceptors (Lipinski definition) is 5. The van der Waals surface area contributed by atoms with Crippen molar-refractivity contribution in [2.24, 2.45) is 16.8 Å². The fourth-order valence-electron chi connectivity index (χ4n) is 4.97. The van der Waals surface area contributed by atoms with Crippen LogP contribution in [0.2, 0.25) is 0 Å². The molecular formula is C20H33N3O3. The van der Waals surface area contributed by atoms with Crippen molar-refractivity contribution in [3.8, 4) is 0 Å². The van der Waals surface area contributed by atoms with E-state index in [0.717, 1.165) is 38.6 Å². The Labute approximate surface area is 156 Å². The number of methoxy groups -OCH3 is 1. The summed E-state index contributed by atoms with van der Waals surface area (Å²) in [4.78, 5) is 19.6. The molecule has 0 saturated heterocycles. The van der Waals surface area contributed by atoms with Crippen molar-refractivity contribution < 1.29 is 14.3 Å². The summed E-state index contributed by atoms with van der Waals surface area (Å²) in [5, 5.41) is 3.26. The predicted molar refractivity (Wildman–Crippen MR) is 100 cm³/mol. The van der Waals surface area contributed by atoms with E-state index in [4.69, 9.17) is 9.47 Å². The summed E-state index contributed by atoms with van der Waals surface area (Å²) in [5.74, 6) is 1.06. The van der Waals surface area contributed by atoms with Crippen LogP contribution in [0.5, 0.6) is 0 Å². The lowest BCUT2D eigenvalue weighted by Gasteiger charge is -2.41. The summed E-state index contributed by atoms with van der Waals surface area (Å²) in [6.07, 6.45) is 11.6. The molecule has 3 fully saturated rings. The van der Waals surface area contributed by atoms with Crippen molar-refractivity contribution >= 4 is 12.1 Å². The van der Waals surface area contributed by atoms with E-state index >= 15 is 0 Å². The van der Waals surface area contributed by atoms with Crippen LogP contribution < -0.4 is 5.32 Å². The molecule has 1 aliphatic heterocycles. The van der Waals surface area contributed by atoms with Crippen molar-refractivity contribution in [2.75, 3.05) is 20.3 Å². The number of hydrogen-bond donors (Lipinski definition) is 1. The van der Waals surface area contributed by atoms with Crippen molar-refractivity contribution in [3.05, 3.63) is 0 Å². The molecule has 0 aromatic rings. The second kappa shape index (κ2) is 8.05. The van der Waals surface area contributed by atoms with Gasteiger partial charge in [-0.1, -0.05) is 19.3 Å². The highest BCUT2D eigenvalue weighted by atomic mass is 16.6. The Hall–Kier alpha value is -1.46. The molecule has 6 nitrogen and oxygen atoms in total. The standard InChI is InChI=1S/C20H33N3O3/c1-25-19-21-12-15-11-17(9-10-18(15)22-19)23(16-7-8-16)20(24)26-13-14-5-3-2-4-6-14/h14-18H,2-13H2,1H3,(H,21,22). The fourth-order valence-corrected chi connectivity index (χ4v) is 4.97. The van der Waals surface area contributed by atoms with Gasteiger partial charge in [0.25, 0.3) is 6.02 Å². The van der Waals surface area contributed by atoms with E-state index in [2.05, 4.69) is 15.2 Å². The van der Waals surface area contributed by atoms with E-state index in [-0.39, 0.29) is 6.09 Å². The van der Waals surface area contributed by atoms with Gasteiger partial charge in [0, 0.05) is 24.5 Å². The van der Waals surface area contributed by atoms with Gasteiger partial charge >= 0.3 is 6.09 Å². The first-order valence-electron chi connectivity index (χ1n) is 10.6. The molecule has 1 N–H and O–H groups in total. The molecule has 1 amide bonds. The Morgan fingerprint density at radius 2 is 1.88 bits per heavy atom. The first-order valence-corrected chi connectivity index (χ1v) is 10.6. The first kappa shape index (κ1) is 17.9. The average molecular weight is 364 g/mol. The molecule has 0 radical (unpaired) electrons. The van der Waals surface area contributed by atoms with E-state index in [1.165, 1.54) is 32.1 Å². The highest BCUT2D eigenvalue weighted by Crippen LogP contribution is 2.37. The summed E-state index contributed by atoms with van der Waals surface area (Å²) < 4.78 is 11.0. The molecular weight excluding hydrogens is 330 g/mol. The Morgan fingerprint density at radius 3 is 2.62 bits per heavy atom. The second-order valence-corrected chi connectivity index (χ2v) is 8.53. The van der Waals surface area contributed by atoms with Crippen molar-refractivity contribution in [1.82, 2.24) is 10.2 Å². The Balaban J connectivity index is 1.33. The maximum Gasteiger partial charge on any atom is 0.410 e.